The maximum absolute atomic E-state index is 12.2. The molecule has 0 spiro atoms. The number of rotatable bonds is 6. The predicted octanol–water partition coefficient (Wildman–Crippen LogP) is 2.71. The van der Waals surface area contributed by atoms with Crippen LogP contribution in [0.25, 0.3) is 0 Å². The molecule has 0 aliphatic carbocycles. The van der Waals surface area contributed by atoms with Crippen LogP contribution in [0.1, 0.15) is 30.6 Å². The van der Waals surface area contributed by atoms with Gasteiger partial charge in [0, 0.05) is 19.2 Å². The molecule has 0 aliphatic rings. The lowest BCUT2D eigenvalue weighted by Crippen LogP contribution is -2.30. The lowest BCUT2D eigenvalue weighted by Gasteiger charge is -2.18. The molecule has 1 atom stereocenters. The maximum Gasteiger partial charge on any atom is 0.253 e. The summed E-state index contributed by atoms with van der Waals surface area (Å²) in [6, 6.07) is 9.27. The van der Waals surface area contributed by atoms with Crippen molar-refractivity contribution in [2.24, 2.45) is 5.92 Å². The van der Waals surface area contributed by atoms with Gasteiger partial charge in [0.05, 0.1) is 18.6 Å². The molecule has 0 heterocycles. The summed E-state index contributed by atoms with van der Waals surface area (Å²) in [5.41, 5.74) is 0.584. The topological polar surface area (TPSA) is 53.3 Å². The molecule has 4 nitrogen and oxygen atoms in total. The Balaban J connectivity index is 2.73. The van der Waals surface area contributed by atoms with E-state index in [0.29, 0.717) is 24.5 Å². The van der Waals surface area contributed by atoms with Crippen molar-refractivity contribution in [3.63, 3.8) is 0 Å². The van der Waals surface area contributed by atoms with E-state index in [1.807, 2.05) is 13.0 Å². The average molecular weight is 260 g/mol. The molecule has 4 heteroatoms. The first-order valence-electron chi connectivity index (χ1n) is 6.46. The highest BCUT2D eigenvalue weighted by Gasteiger charge is 2.14. The van der Waals surface area contributed by atoms with Crippen molar-refractivity contribution in [2.45, 2.75) is 20.3 Å². The minimum atomic E-state index is -0.173. The van der Waals surface area contributed by atoms with Gasteiger partial charge in [-0.3, -0.25) is 4.79 Å². The second kappa shape index (κ2) is 7.42. The van der Waals surface area contributed by atoms with Crippen LogP contribution in [-0.4, -0.2) is 31.0 Å². The van der Waals surface area contributed by atoms with E-state index < -0.39 is 0 Å². The van der Waals surface area contributed by atoms with Crippen LogP contribution in [0.5, 0.6) is 5.75 Å². The molecule has 0 saturated heterocycles. The number of benzene rings is 1. The normalized spacial score (nSPS) is 11.5. The quantitative estimate of drug-likeness (QED) is 0.790. The Labute approximate surface area is 114 Å². The van der Waals surface area contributed by atoms with E-state index >= 15 is 0 Å². The fourth-order valence-electron chi connectivity index (χ4n) is 1.69. The molecule has 0 aromatic heterocycles. The number of carbonyl (C=O) groups is 1. The van der Waals surface area contributed by atoms with Crippen LogP contribution in [0.3, 0.4) is 0 Å². The average Bonchev–Trinajstić information content (AvgIpc) is 2.44. The molecule has 1 rings (SSSR count). The van der Waals surface area contributed by atoms with Crippen molar-refractivity contribution < 1.29 is 9.53 Å². The fourth-order valence-corrected chi connectivity index (χ4v) is 1.69. The molecule has 1 unspecified atom stereocenters. The van der Waals surface area contributed by atoms with Crippen LogP contribution in [0.15, 0.2) is 24.3 Å². The number of nitriles is 1. The standard InChI is InChI=1S/C15H20N2O2/c1-4-8-19-14-7-5-6-13(9-14)15(18)17(3)11-12(2)10-16/h5-7,9,12H,4,8,11H2,1-3H3. The Kier molecular flexibility index (Phi) is 5.87. The number of nitrogens with zero attached hydrogens (tertiary/aromatic N) is 2. The van der Waals surface area contributed by atoms with Gasteiger partial charge < -0.3 is 9.64 Å². The first-order chi connectivity index (χ1) is 9.08. The molecular formula is C15H20N2O2. The highest BCUT2D eigenvalue weighted by atomic mass is 16.5. The Morgan fingerprint density at radius 3 is 2.89 bits per heavy atom. The van der Waals surface area contributed by atoms with Crippen LogP contribution >= 0.6 is 0 Å². The van der Waals surface area contributed by atoms with Gasteiger partial charge in [0.15, 0.2) is 0 Å². The van der Waals surface area contributed by atoms with E-state index in [4.69, 9.17) is 10.00 Å². The SMILES string of the molecule is CCCOc1cccc(C(=O)N(C)CC(C)C#N)c1. The van der Waals surface area contributed by atoms with Crippen molar-refractivity contribution in [3.8, 4) is 11.8 Å². The van der Waals surface area contributed by atoms with Gasteiger partial charge >= 0.3 is 0 Å². The van der Waals surface area contributed by atoms with Gasteiger partial charge in [-0.05, 0) is 31.5 Å². The highest BCUT2D eigenvalue weighted by molar-refractivity contribution is 5.94. The van der Waals surface area contributed by atoms with E-state index in [2.05, 4.69) is 6.07 Å². The van der Waals surface area contributed by atoms with Gasteiger partial charge in [-0.1, -0.05) is 13.0 Å². The summed E-state index contributed by atoms with van der Waals surface area (Å²) in [4.78, 5) is 13.7. The van der Waals surface area contributed by atoms with Gasteiger partial charge in [0.25, 0.3) is 5.91 Å². The molecule has 0 N–H and O–H groups in total. The van der Waals surface area contributed by atoms with E-state index in [0.717, 1.165) is 6.42 Å². The van der Waals surface area contributed by atoms with E-state index in [9.17, 15) is 4.79 Å². The molecule has 1 amide bonds. The number of hydrogen-bond acceptors (Lipinski definition) is 3. The number of carbonyl (C=O) groups excluding carboxylic acids is 1. The minimum Gasteiger partial charge on any atom is -0.494 e. The summed E-state index contributed by atoms with van der Waals surface area (Å²) in [6.45, 7) is 4.89. The van der Waals surface area contributed by atoms with Gasteiger partial charge in [-0.25, -0.2) is 0 Å². The van der Waals surface area contributed by atoms with Gasteiger partial charge in [-0.15, -0.1) is 0 Å². The molecule has 1 aromatic rings. The number of amides is 1. The molecule has 0 bridgehead atoms. The fraction of sp³-hybridized carbons (Fsp3) is 0.467. The molecule has 19 heavy (non-hydrogen) atoms. The van der Waals surface area contributed by atoms with Crippen molar-refractivity contribution in [2.75, 3.05) is 20.2 Å². The largest absolute Gasteiger partial charge is 0.494 e. The van der Waals surface area contributed by atoms with Gasteiger partial charge in [0.2, 0.25) is 0 Å². The van der Waals surface area contributed by atoms with Gasteiger partial charge in [0.1, 0.15) is 5.75 Å². The zero-order chi connectivity index (χ0) is 14.3. The van der Waals surface area contributed by atoms with Crippen molar-refractivity contribution in [1.29, 1.82) is 5.26 Å². The third-order valence-electron chi connectivity index (χ3n) is 2.67. The zero-order valence-corrected chi connectivity index (χ0v) is 11.7. The molecule has 0 fully saturated rings. The maximum atomic E-state index is 12.2. The van der Waals surface area contributed by atoms with Crippen LogP contribution in [0, 0.1) is 17.2 Å². The van der Waals surface area contributed by atoms with Crippen LogP contribution in [0.4, 0.5) is 0 Å². The van der Waals surface area contributed by atoms with E-state index in [1.54, 1.807) is 37.1 Å². The first-order valence-corrected chi connectivity index (χ1v) is 6.46. The Bertz CT molecular complexity index is 465. The molecule has 102 valence electrons. The van der Waals surface area contributed by atoms with Crippen molar-refractivity contribution in [3.05, 3.63) is 29.8 Å². The summed E-state index contributed by atoms with van der Waals surface area (Å²) in [6.07, 6.45) is 0.928. The number of hydrogen-bond donors (Lipinski definition) is 0. The van der Waals surface area contributed by atoms with Crippen LogP contribution in [0.2, 0.25) is 0 Å². The lowest BCUT2D eigenvalue weighted by atomic mass is 10.1. The third kappa shape index (κ3) is 4.63. The third-order valence-corrected chi connectivity index (χ3v) is 2.67. The molecule has 0 saturated carbocycles. The summed E-state index contributed by atoms with van der Waals surface area (Å²) in [5.74, 6) is 0.437. The number of ether oxygens (including phenoxy) is 1. The molecule has 0 radical (unpaired) electrons. The minimum absolute atomic E-state index is 0.0935. The summed E-state index contributed by atoms with van der Waals surface area (Å²) in [5, 5.41) is 8.77. The summed E-state index contributed by atoms with van der Waals surface area (Å²) in [7, 11) is 1.70. The second-order valence-electron chi connectivity index (χ2n) is 4.59. The smallest absolute Gasteiger partial charge is 0.253 e. The monoisotopic (exact) mass is 260 g/mol. The summed E-state index contributed by atoms with van der Waals surface area (Å²) >= 11 is 0. The highest BCUT2D eigenvalue weighted by Crippen LogP contribution is 2.15. The van der Waals surface area contributed by atoms with Crippen LogP contribution in [-0.2, 0) is 0 Å². The lowest BCUT2D eigenvalue weighted by molar-refractivity contribution is 0.0784. The van der Waals surface area contributed by atoms with Gasteiger partial charge in [-0.2, -0.15) is 5.26 Å². The molecule has 1 aromatic carbocycles. The molecular weight excluding hydrogens is 240 g/mol. The van der Waals surface area contributed by atoms with Crippen molar-refractivity contribution >= 4 is 5.91 Å². The second-order valence-corrected chi connectivity index (χ2v) is 4.59. The Hall–Kier alpha value is -2.02. The Morgan fingerprint density at radius 2 is 2.26 bits per heavy atom. The Morgan fingerprint density at radius 1 is 1.53 bits per heavy atom. The summed E-state index contributed by atoms with van der Waals surface area (Å²) < 4.78 is 5.50. The van der Waals surface area contributed by atoms with Crippen molar-refractivity contribution in [1.82, 2.24) is 4.90 Å². The first kappa shape index (κ1) is 15.0. The zero-order valence-electron chi connectivity index (χ0n) is 11.7. The van der Waals surface area contributed by atoms with E-state index in [1.165, 1.54) is 0 Å². The molecule has 0 aliphatic heterocycles. The predicted molar refractivity (Wildman–Crippen MR) is 74.0 cm³/mol. The van der Waals surface area contributed by atoms with E-state index in [-0.39, 0.29) is 11.8 Å². The van der Waals surface area contributed by atoms with Crippen LogP contribution < -0.4 is 4.74 Å².